The molecule has 0 aliphatic heterocycles. The fraction of sp³-hybridized carbons (Fsp3) is 0.318. The third kappa shape index (κ3) is 5.46. The number of hydrogen-bond donors (Lipinski definition) is 0. The van der Waals surface area contributed by atoms with Crippen LogP contribution in [0.4, 0.5) is 74.6 Å². The van der Waals surface area contributed by atoms with Crippen LogP contribution < -0.4 is 4.74 Å². The number of allylic oxidation sites excluding steroid dienone is 1. The minimum Gasteiger partial charge on any atom is -0.430 e. The van der Waals surface area contributed by atoms with E-state index in [2.05, 4.69) is 4.74 Å². The Morgan fingerprint density at radius 3 is 1.29 bits per heavy atom. The van der Waals surface area contributed by atoms with E-state index < -0.39 is 64.5 Å². The van der Waals surface area contributed by atoms with Gasteiger partial charge in [0, 0.05) is 5.56 Å². The van der Waals surface area contributed by atoms with Crippen LogP contribution in [0.15, 0.2) is 60.4 Å². The van der Waals surface area contributed by atoms with Gasteiger partial charge >= 0.3 is 47.7 Å². The summed E-state index contributed by atoms with van der Waals surface area (Å²) in [6.45, 7) is 0. The lowest BCUT2D eigenvalue weighted by atomic mass is 9.91. The van der Waals surface area contributed by atoms with E-state index in [-0.39, 0.29) is 11.1 Å². The van der Waals surface area contributed by atoms with Crippen LogP contribution in [0, 0.1) is 0 Å². The van der Waals surface area contributed by atoms with Crippen LogP contribution in [0.1, 0.15) is 10.4 Å². The first-order valence-electron chi connectivity index (χ1n) is 10.2. The van der Waals surface area contributed by atoms with Crippen LogP contribution in [-0.4, -0.2) is 47.0 Å². The molecule has 0 atom stereocenters. The Hall–Kier alpha value is -3.25. The van der Waals surface area contributed by atoms with Crippen LogP contribution in [0.3, 0.4) is 0 Å². The Morgan fingerprint density at radius 2 is 0.905 bits per heavy atom. The summed E-state index contributed by atoms with van der Waals surface area (Å²) < 4.78 is 230. The third-order valence-corrected chi connectivity index (χ3v) is 5.50. The van der Waals surface area contributed by atoms with Crippen LogP contribution in [0.2, 0.25) is 0 Å². The zero-order valence-electron chi connectivity index (χ0n) is 19.2. The quantitative estimate of drug-likeness (QED) is 0.144. The molecule has 2 aromatic carbocycles. The maximum absolute atomic E-state index is 13.9. The van der Waals surface area contributed by atoms with Crippen molar-refractivity contribution in [3.05, 3.63) is 65.9 Å². The summed E-state index contributed by atoms with van der Waals surface area (Å²) in [5, 5.41) is -0.841. The van der Waals surface area contributed by atoms with Gasteiger partial charge in [-0.1, -0.05) is 24.3 Å². The molecule has 0 heterocycles. The fourth-order valence-corrected chi connectivity index (χ4v) is 3.01. The first-order chi connectivity index (χ1) is 18.7. The topological polar surface area (TPSA) is 26.3 Å². The smallest absolute Gasteiger partial charge is 0.430 e. The molecule has 0 amide bonds. The van der Waals surface area contributed by atoms with Gasteiger partial charge in [-0.25, -0.2) is 0 Å². The van der Waals surface area contributed by atoms with E-state index in [1.165, 1.54) is 24.3 Å². The molecule has 234 valence electrons. The van der Waals surface area contributed by atoms with Crippen molar-refractivity contribution in [3.8, 4) is 16.9 Å². The highest BCUT2D eigenvalue weighted by atomic mass is 35.5. The molecule has 0 aromatic heterocycles. The van der Waals surface area contributed by atoms with Gasteiger partial charge in [-0.05, 0) is 47.0 Å². The van der Waals surface area contributed by atoms with E-state index in [1.54, 1.807) is 0 Å². The highest BCUT2D eigenvalue weighted by Gasteiger charge is 2.93. The van der Waals surface area contributed by atoms with Gasteiger partial charge in [0.05, 0.1) is 0 Å². The highest BCUT2D eigenvalue weighted by molar-refractivity contribution is 6.67. The lowest BCUT2D eigenvalue weighted by Gasteiger charge is -2.41. The summed E-state index contributed by atoms with van der Waals surface area (Å²) in [5.41, 5.74) is 0.519. The maximum Gasteiger partial charge on any atom is 0.460 e. The molecule has 0 fully saturated rings. The predicted molar refractivity (Wildman–Crippen MR) is 108 cm³/mol. The van der Waals surface area contributed by atoms with Crippen LogP contribution in [0.5, 0.6) is 5.75 Å². The second-order valence-corrected chi connectivity index (χ2v) is 8.35. The fourth-order valence-electron chi connectivity index (χ4n) is 2.89. The monoisotopic (exact) mass is 662 g/mol. The van der Waals surface area contributed by atoms with E-state index in [9.17, 15) is 79.4 Å². The molecule has 0 N–H and O–H groups in total. The standard InChI is InChI=1S/C22H8ClF17O2/c23-14(41)11-3-1-9(2-4-11)10-5-7-12(8-6-10)42-15(25)13(24)16(26,27)17(28,29)18(30,31)19(32,33)20(34,35)21(36,37)22(38,39)40/h1-8H. The Kier molecular flexibility index (Phi) is 8.98. The second kappa shape index (κ2) is 10.8. The molecule has 2 aromatic rings. The van der Waals surface area contributed by atoms with Crippen molar-refractivity contribution in [1.82, 2.24) is 0 Å². The van der Waals surface area contributed by atoms with Crippen molar-refractivity contribution in [3.63, 3.8) is 0 Å². The average Bonchev–Trinajstić information content (AvgIpc) is 2.87. The van der Waals surface area contributed by atoms with Gasteiger partial charge in [0.1, 0.15) is 5.75 Å². The molecule has 0 unspecified atom stereocenters. The van der Waals surface area contributed by atoms with Crippen molar-refractivity contribution < 1.29 is 84.2 Å². The van der Waals surface area contributed by atoms with Gasteiger partial charge in [-0.3, -0.25) is 4.79 Å². The molecule has 0 bridgehead atoms. The van der Waals surface area contributed by atoms with Crippen molar-refractivity contribution in [1.29, 1.82) is 0 Å². The second-order valence-electron chi connectivity index (χ2n) is 8.01. The first kappa shape index (κ1) is 34.9. The zero-order valence-corrected chi connectivity index (χ0v) is 20.0. The Balaban J connectivity index is 2.43. The third-order valence-electron chi connectivity index (χ3n) is 5.28. The number of carbonyl (C=O) groups excluding carboxylic acids is 1. The SMILES string of the molecule is O=C(Cl)c1ccc(-c2ccc(OC(F)=C(F)C(F)(F)C(F)(F)C(F)(F)C(F)(F)C(F)(F)C(F)(F)C(F)(F)F)cc2)cc1. The maximum atomic E-state index is 13.9. The Morgan fingerprint density at radius 1 is 0.548 bits per heavy atom. The normalized spacial score (nSPS) is 14.9. The molecule has 2 rings (SSSR count). The van der Waals surface area contributed by atoms with E-state index >= 15 is 0 Å². The van der Waals surface area contributed by atoms with E-state index in [1.807, 2.05) is 0 Å². The van der Waals surface area contributed by atoms with Crippen molar-refractivity contribution in [2.75, 3.05) is 0 Å². The summed E-state index contributed by atoms with van der Waals surface area (Å²) in [6.07, 6.45) is -7.80. The van der Waals surface area contributed by atoms with Crippen LogP contribution >= 0.6 is 11.6 Å². The minimum atomic E-state index is -8.66. The molecule has 42 heavy (non-hydrogen) atoms. The van der Waals surface area contributed by atoms with Crippen LogP contribution in [0.25, 0.3) is 11.1 Å². The summed E-state index contributed by atoms with van der Waals surface area (Å²) in [7, 11) is 0. The van der Waals surface area contributed by atoms with Gasteiger partial charge in [0.25, 0.3) is 5.24 Å². The molecule has 20 heteroatoms. The van der Waals surface area contributed by atoms with Gasteiger partial charge < -0.3 is 4.74 Å². The number of benzene rings is 2. The number of halogens is 18. The first-order valence-corrected chi connectivity index (χ1v) is 10.5. The highest BCUT2D eigenvalue weighted by Crippen LogP contribution is 2.63. The number of rotatable bonds is 10. The number of ether oxygens (including phenoxy) is 1. The van der Waals surface area contributed by atoms with Crippen molar-refractivity contribution in [2.45, 2.75) is 41.7 Å². The Labute approximate surface area is 226 Å². The number of alkyl halides is 15. The molecular weight excluding hydrogens is 655 g/mol. The minimum absolute atomic E-state index is 0.0434. The number of hydrogen-bond acceptors (Lipinski definition) is 2. The molecule has 0 radical (unpaired) electrons. The molecule has 0 spiro atoms. The summed E-state index contributed by atoms with van der Waals surface area (Å²) in [4.78, 5) is 11.0. The summed E-state index contributed by atoms with van der Waals surface area (Å²) in [6, 6.07) is 4.66. The van der Waals surface area contributed by atoms with Gasteiger partial charge in [-0.15, -0.1) is 0 Å². The van der Waals surface area contributed by atoms with Gasteiger partial charge in [-0.2, -0.15) is 74.6 Å². The largest absolute Gasteiger partial charge is 0.460 e. The average molecular weight is 663 g/mol. The molecule has 0 saturated carbocycles. The summed E-state index contributed by atoms with van der Waals surface area (Å²) in [5.74, 6) is -55.4. The van der Waals surface area contributed by atoms with E-state index in [0.717, 1.165) is 12.1 Å². The molecule has 0 aliphatic rings. The lowest BCUT2D eigenvalue weighted by molar-refractivity contribution is -0.451. The molecule has 0 saturated heterocycles. The predicted octanol–water partition coefficient (Wildman–Crippen LogP) is 9.59. The van der Waals surface area contributed by atoms with Gasteiger partial charge in [0.15, 0.2) is 0 Å². The van der Waals surface area contributed by atoms with Gasteiger partial charge in [0.2, 0.25) is 5.83 Å². The Bertz CT molecular complexity index is 1330. The summed E-state index contributed by atoms with van der Waals surface area (Å²) >= 11 is 5.25. The lowest BCUT2D eigenvalue weighted by Crippen LogP contribution is -2.72. The molecule has 2 nitrogen and oxygen atoms in total. The molecular formula is C22H8ClF17O2. The van der Waals surface area contributed by atoms with E-state index in [0.29, 0.717) is 17.7 Å². The van der Waals surface area contributed by atoms with Crippen LogP contribution in [-0.2, 0) is 0 Å². The molecule has 0 aliphatic carbocycles. The van der Waals surface area contributed by atoms with Crippen molar-refractivity contribution in [2.24, 2.45) is 0 Å². The van der Waals surface area contributed by atoms with Crippen molar-refractivity contribution >= 4 is 16.8 Å². The van der Waals surface area contributed by atoms with E-state index in [4.69, 9.17) is 11.6 Å². The zero-order chi connectivity index (χ0) is 32.9. The number of carbonyl (C=O) groups is 1.